The molecule has 0 heterocycles. The first kappa shape index (κ1) is 15.4. The van der Waals surface area contributed by atoms with Gasteiger partial charge >= 0.3 is 9.28 Å². The first-order valence-electron chi connectivity index (χ1n) is 6.43. The van der Waals surface area contributed by atoms with Gasteiger partial charge in [-0.2, -0.15) is 0 Å². The van der Waals surface area contributed by atoms with Crippen LogP contribution < -0.4 is 0 Å². The van der Waals surface area contributed by atoms with Gasteiger partial charge in [-0.1, -0.05) is 30.3 Å². The van der Waals surface area contributed by atoms with E-state index in [0.717, 1.165) is 6.04 Å². The van der Waals surface area contributed by atoms with Gasteiger partial charge < -0.3 is 8.85 Å². The highest BCUT2D eigenvalue weighted by Crippen LogP contribution is 2.18. The number of hydrogen-bond donors (Lipinski definition) is 0. The molecule has 0 saturated heterocycles. The monoisotopic (exact) mass is 265 g/mol. The predicted molar refractivity (Wildman–Crippen MR) is 77.6 cm³/mol. The van der Waals surface area contributed by atoms with Crippen LogP contribution in [0.3, 0.4) is 0 Å². The first-order chi connectivity index (χ1) is 8.16. The summed E-state index contributed by atoms with van der Waals surface area (Å²) < 4.78 is 12.2. The third kappa shape index (κ3) is 6.94. The van der Waals surface area contributed by atoms with Crippen LogP contribution in [0.15, 0.2) is 30.3 Å². The lowest BCUT2D eigenvalue weighted by molar-refractivity contribution is 0.0333. The van der Waals surface area contributed by atoms with Crippen molar-refractivity contribution in [3.05, 3.63) is 35.9 Å². The van der Waals surface area contributed by atoms with Crippen molar-refractivity contribution in [2.45, 2.75) is 58.8 Å². The van der Waals surface area contributed by atoms with Crippen molar-refractivity contribution in [2.75, 3.05) is 0 Å². The van der Waals surface area contributed by atoms with Crippen LogP contribution in [0, 0.1) is 0 Å². The fourth-order valence-electron chi connectivity index (χ4n) is 1.54. The van der Waals surface area contributed by atoms with E-state index in [-0.39, 0.29) is 11.2 Å². The molecule has 2 nitrogen and oxygen atoms in total. The van der Waals surface area contributed by atoms with Gasteiger partial charge in [0.15, 0.2) is 0 Å². The molecule has 0 N–H and O–H groups in total. The standard InChI is InChI=1S/C15H25O2Si/c1-14(2,3)16-18(17-15(4,5)6)12-13-10-8-7-9-11-13/h7-11H,12H2,1-6H3. The van der Waals surface area contributed by atoms with Crippen LogP contribution in [-0.2, 0) is 14.9 Å². The van der Waals surface area contributed by atoms with E-state index in [1.165, 1.54) is 5.56 Å². The van der Waals surface area contributed by atoms with Crippen molar-refractivity contribution < 1.29 is 8.85 Å². The zero-order chi connectivity index (χ0) is 13.8. The molecule has 0 spiro atoms. The quantitative estimate of drug-likeness (QED) is 0.769. The van der Waals surface area contributed by atoms with E-state index in [4.69, 9.17) is 8.85 Å². The van der Waals surface area contributed by atoms with Gasteiger partial charge in [0.1, 0.15) is 0 Å². The number of hydrogen-bond acceptors (Lipinski definition) is 2. The topological polar surface area (TPSA) is 18.5 Å². The van der Waals surface area contributed by atoms with E-state index in [0.29, 0.717) is 0 Å². The van der Waals surface area contributed by atoms with Crippen LogP contribution in [0.25, 0.3) is 0 Å². The summed E-state index contributed by atoms with van der Waals surface area (Å²) in [5.74, 6) is 0. The lowest BCUT2D eigenvalue weighted by Crippen LogP contribution is -2.40. The van der Waals surface area contributed by atoms with Crippen LogP contribution in [0.2, 0.25) is 0 Å². The summed E-state index contributed by atoms with van der Waals surface area (Å²) in [5.41, 5.74) is 0.961. The van der Waals surface area contributed by atoms with Crippen molar-refractivity contribution >= 4 is 9.28 Å². The van der Waals surface area contributed by atoms with E-state index in [2.05, 4.69) is 65.8 Å². The maximum Gasteiger partial charge on any atom is 0.390 e. The molecule has 101 valence electrons. The molecule has 0 saturated carbocycles. The van der Waals surface area contributed by atoms with Crippen LogP contribution in [0.1, 0.15) is 47.1 Å². The zero-order valence-corrected chi connectivity index (χ0v) is 13.4. The Bertz CT molecular complexity index is 333. The van der Waals surface area contributed by atoms with Gasteiger partial charge in [0.2, 0.25) is 0 Å². The van der Waals surface area contributed by atoms with Crippen molar-refractivity contribution in [2.24, 2.45) is 0 Å². The highest BCUT2D eigenvalue weighted by atomic mass is 28.3. The molecule has 1 radical (unpaired) electrons. The van der Waals surface area contributed by atoms with E-state index in [9.17, 15) is 0 Å². The summed E-state index contributed by atoms with van der Waals surface area (Å²) in [6.07, 6.45) is 0. The normalized spacial score (nSPS) is 13.1. The fourth-order valence-corrected chi connectivity index (χ4v) is 3.66. The van der Waals surface area contributed by atoms with Gasteiger partial charge in [0.05, 0.1) is 0 Å². The summed E-state index contributed by atoms with van der Waals surface area (Å²) in [6.45, 7) is 12.5. The van der Waals surface area contributed by atoms with Crippen molar-refractivity contribution in [3.8, 4) is 0 Å². The SMILES string of the molecule is CC(C)(C)O[Si](Cc1ccccc1)OC(C)(C)C. The Morgan fingerprint density at radius 1 is 0.833 bits per heavy atom. The molecular formula is C15H25O2Si. The molecule has 0 aliphatic rings. The summed E-state index contributed by atoms with van der Waals surface area (Å²) in [4.78, 5) is 0. The van der Waals surface area contributed by atoms with E-state index >= 15 is 0 Å². The Morgan fingerprint density at radius 2 is 1.28 bits per heavy atom. The minimum Gasteiger partial charge on any atom is -0.388 e. The largest absolute Gasteiger partial charge is 0.390 e. The second-order valence-corrected chi connectivity index (χ2v) is 7.97. The lowest BCUT2D eigenvalue weighted by Gasteiger charge is -2.31. The van der Waals surface area contributed by atoms with Crippen molar-refractivity contribution in [1.82, 2.24) is 0 Å². The third-order valence-corrected chi connectivity index (χ3v) is 4.41. The Hall–Kier alpha value is -0.643. The lowest BCUT2D eigenvalue weighted by atomic mass is 10.2. The maximum atomic E-state index is 6.10. The molecule has 0 aliphatic heterocycles. The first-order valence-corrected chi connectivity index (χ1v) is 7.96. The van der Waals surface area contributed by atoms with Crippen molar-refractivity contribution in [1.29, 1.82) is 0 Å². The van der Waals surface area contributed by atoms with E-state index < -0.39 is 9.28 Å². The molecule has 0 atom stereocenters. The van der Waals surface area contributed by atoms with Crippen molar-refractivity contribution in [3.63, 3.8) is 0 Å². The van der Waals surface area contributed by atoms with E-state index in [1.807, 2.05) is 6.07 Å². The van der Waals surface area contributed by atoms with Gasteiger partial charge in [0.25, 0.3) is 0 Å². The minimum absolute atomic E-state index is 0.158. The third-order valence-electron chi connectivity index (χ3n) is 2.03. The van der Waals surface area contributed by atoms with Crippen LogP contribution in [0.5, 0.6) is 0 Å². The van der Waals surface area contributed by atoms with Gasteiger partial charge in [-0.25, -0.2) is 0 Å². The second-order valence-electron chi connectivity index (χ2n) is 6.46. The average Bonchev–Trinajstić information content (AvgIpc) is 2.13. The molecule has 0 fully saturated rings. The molecule has 3 heteroatoms. The molecule has 0 aliphatic carbocycles. The number of benzene rings is 1. The molecule has 1 aromatic rings. The smallest absolute Gasteiger partial charge is 0.388 e. The molecule has 0 unspecified atom stereocenters. The molecule has 0 aromatic heterocycles. The highest BCUT2D eigenvalue weighted by molar-refractivity contribution is 6.44. The maximum absolute atomic E-state index is 6.10. The predicted octanol–water partition coefficient (Wildman–Crippen LogP) is 3.89. The van der Waals surface area contributed by atoms with Crippen LogP contribution in [-0.4, -0.2) is 20.5 Å². The summed E-state index contributed by atoms with van der Waals surface area (Å²) in [6, 6.07) is 11.3. The Balaban J connectivity index is 2.72. The molecule has 0 amide bonds. The van der Waals surface area contributed by atoms with E-state index in [1.54, 1.807) is 0 Å². The Morgan fingerprint density at radius 3 is 1.67 bits per heavy atom. The fraction of sp³-hybridized carbons (Fsp3) is 0.600. The minimum atomic E-state index is -1.31. The molecular weight excluding hydrogens is 240 g/mol. The summed E-state index contributed by atoms with van der Waals surface area (Å²) in [5, 5.41) is 0. The number of rotatable bonds is 4. The van der Waals surface area contributed by atoms with Crippen LogP contribution >= 0.6 is 0 Å². The average molecular weight is 265 g/mol. The Labute approximate surface area is 113 Å². The second kappa shape index (κ2) is 6.00. The zero-order valence-electron chi connectivity index (χ0n) is 12.4. The van der Waals surface area contributed by atoms with Gasteiger partial charge in [-0.15, -0.1) is 0 Å². The van der Waals surface area contributed by atoms with Gasteiger partial charge in [-0.3, -0.25) is 0 Å². The highest BCUT2D eigenvalue weighted by Gasteiger charge is 2.28. The van der Waals surface area contributed by atoms with Gasteiger partial charge in [-0.05, 0) is 47.1 Å². The van der Waals surface area contributed by atoms with Gasteiger partial charge in [0, 0.05) is 17.2 Å². The molecule has 0 bridgehead atoms. The molecule has 18 heavy (non-hydrogen) atoms. The summed E-state index contributed by atoms with van der Waals surface area (Å²) in [7, 11) is -1.31. The van der Waals surface area contributed by atoms with Crippen LogP contribution in [0.4, 0.5) is 0 Å². The summed E-state index contributed by atoms with van der Waals surface area (Å²) >= 11 is 0. The molecule has 1 aromatic carbocycles. The molecule has 1 rings (SSSR count). The Kier molecular flexibility index (Phi) is 5.14.